The molecule has 0 aromatic rings. The quantitative estimate of drug-likeness (QED) is 0.482. The van der Waals surface area contributed by atoms with Gasteiger partial charge in [-0.3, -0.25) is 0 Å². The van der Waals surface area contributed by atoms with Gasteiger partial charge < -0.3 is 9.42 Å². The van der Waals surface area contributed by atoms with Gasteiger partial charge in [0.2, 0.25) is 0 Å². The molecule has 0 aliphatic heterocycles. The zero-order valence-electron chi connectivity index (χ0n) is 8.32. The molecule has 0 amide bonds. The van der Waals surface area contributed by atoms with Crippen LogP contribution in [0.3, 0.4) is 0 Å². The maximum atomic E-state index is 10.9. The number of hydrogen-bond donors (Lipinski definition) is 0. The number of hydrogen-bond acceptors (Lipinski definition) is 4. The fraction of sp³-hybridized carbons (Fsp3) is 1.00. The molecule has 13 heavy (non-hydrogen) atoms. The second-order valence-corrected chi connectivity index (χ2v) is 7.79. The molecule has 0 aromatic heterocycles. The highest BCUT2D eigenvalue weighted by atomic mass is 32.5. The lowest BCUT2D eigenvalue weighted by atomic mass is 10.2. The van der Waals surface area contributed by atoms with E-state index in [2.05, 4.69) is 18.1 Å². The summed E-state index contributed by atoms with van der Waals surface area (Å²) in [5.74, 6) is 1.23. The van der Waals surface area contributed by atoms with E-state index in [0.717, 1.165) is 12.8 Å². The second-order valence-electron chi connectivity index (χ2n) is 3.01. The highest BCUT2D eigenvalue weighted by Crippen LogP contribution is 2.31. The lowest BCUT2D eigenvalue weighted by Gasteiger charge is -2.22. The van der Waals surface area contributed by atoms with Gasteiger partial charge in [-0.15, -0.1) is 0 Å². The molecule has 0 rings (SSSR count). The highest BCUT2D eigenvalue weighted by Gasteiger charge is 1.94. The predicted octanol–water partition coefficient (Wildman–Crippen LogP) is 2.23. The molecule has 0 bridgehead atoms. The van der Waals surface area contributed by atoms with Gasteiger partial charge >= 0.3 is 0 Å². The van der Waals surface area contributed by atoms with Crippen LogP contribution in [0.1, 0.15) is 25.7 Å². The lowest BCUT2D eigenvalue weighted by molar-refractivity contribution is -0.180. The van der Waals surface area contributed by atoms with E-state index in [1.165, 1.54) is 25.3 Å². The molecule has 1 unspecified atom stereocenters. The first kappa shape index (κ1) is 13.9. The summed E-state index contributed by atoms with van der Waals surface area (Å²) in [6, 6.07) is 0. The Kier molecular flexibility index (Phi) is 8.83. The van der Waals surface area contributed by atoms with Crippen molar-refractivity contribution in [1.29, 1.82) is 0 Å². The van der Waals surface area contributed by atoms with Gasteiger partial charge in [0.1, 0.15) is 0 Å². The van der Waals surface area contributed by atoms with Crippen molar-refractivity contribution in [3.8, 4) is 0 Å². The molecule has 0 aliphatic rings. The molecule has 80 valence electrons. The smallest absolute Gasteiger partial charge is 0.0502 e. The highest BCUT2D eigenvalue weighted by molar-refractivity contribution is 8.08. The number of unbranched alkanes of at least 4 members (excludes halogenated alkanes) is 3. The van der Waals surface area contributed by atoms with Crippen LogP contribution in [0.25, 0.3) is 0 Å². The summed E-state index contributed by atoms with van der Waals surface area (Å²) in [5.41, 5.74) is 0. The molecular formula is C8H18O2PS2-. The van der Waals surface area contributed by atoms with Crippen LogP contribution < -0.4 is 4.89 Å². The van der Waals surface area contributed by atoms with Crippen LogP contribution >= 0.6 is 18.3 Å². The van der Waals surface area contributed by atoms with Crippen LogP contribution in [0.2, 0.25) is 0 Å². The van der Waals surface area contributed by atoms with E-state index >= 15 is 0 Å². The Morgan fingerprint density at radius 2 is 1.92 bits per heavy atom. The normalized spacial score (nSPS) is 15.6. The van der Waals surface area contributed by atoms with Crippen LogP contribution in [-0.2, 0) is 16.3 Å². The number of rotatable bonds is 8. The van der Waals surface area contributed by atoms with Crippen LogP contribution in [0.15, 0.2) is 0 Å². The Balaban J connectivity index is 3.04. The van der Waals surface area contributed by atoms with Gasteiger partial charge in [-0.25, -0.2) is 0 Å². The van der Waals surface area contributed by atoms with Crippen molar-refractivity contribution in [1.82, 2.24) is 0 Å². The van der Waals surface area contributed by atoms with E-state index in [0.29, 0.717) is 6.61 Å². The van der Waals surface area contributed by atoms with Gasteiger partial charge in [0.15, 0.2) is 0 Å². The maximum absolute atomic E-state index is 10.9. The first-order chi connectivity index (χ1) is 6.06. The van der Waals surface area contributed by atoms with Gasteiger partial charge in [0, 0.05) is 0 Å². The van der Waals surface area contributed by atoms with Crippen LogP contribution in [-0.4, -0.2) is 25.3 Å². The molecule has 1 atom stereocenters. The van der Waals surface area contributed by atoms with Crippen molar-refractivity contribution in [2.24, 2.45) is 0 Å². The van der Waals surface area contributed by atoms with Crippen molar-refractivity contribution >= 4 is 30.1 Å². The van der Waals surface area contributed by atoms with Crippen LogP contribution in [0.5, 0.6) is 0 Å². The minimum atomic E-state index is -2.65. The average Bonchev–Trinajstić information content (AvgIpc) is 2.01. The lowest BCUT2D eigenvalue weighted by Crippen LogP contribution is -2.03. The Bertz CT molecular complexity index is 158. The van der Waals surface area contributed by atoms with Crippen molar-refractivity contribution < 1.29 is 9.42 Å². The summed E-state index contributed by atoms with van der Waals surface area (Å²) in [4.78, 5) is 10.9. The summed E-state index contributed by atoms with van der Waals surface area (Å²) in [5, 5.41) is 0. The fourth-order valence-corrected chi connectivity index (χ4v) is 2.11. The Hall–Kier alpha value is 0.920. The molecule has 0 N–H and O–H groups in total. The Morgan fingerprint density at radius 3 is 2.46 bits per heavy atom. The molecule has 0 saturated carbocycles. The second kappa shape index (κ2) is 8.25. The Morgan fingerprint density at radius 1 is 1.31 bits per heavy atom. The van der Waals surface area contributed by atoms with Crippen LogP contribution in [0.4, 0.5) is 0 Å². The zero-order chi connectivity index (χ0) is 10.2. The van der Waals surface area contributed by atoms with Gasteiger partial charge in [-0.1, -0.05) is 24.6 Å². The third-order valence-electron chi connectivity index (χ3n) is 1.57. The van der Waals surface area contributed by atoms with Gasteiger partial charge in [0.05, 0.1) is 6.61 Å². The predicted molar refractivity (Wildman–Crippen MR) is 63.0 cm³/mol. The van der Waals surface area contributed by atoms with E-state index in [1.54, 1.807) is 0 Å². The maximum Gasteiger partial charge on any atom is 0.0502 e. The van der Waals surface area contributed by atoms with Crippen molar-refractivity contribution in [2.45, 2.75) is 25.7 Å². The first-order valence-electron chi connectivity index (χ1n) is 4.48. The average molecular weight is 241 g/mol. The fourth-order valence-electron chi connectivity index (χ4n) is 0.932. The zero-order valence-corrected chi connectivity index (χ0v) is 10.9. The third kappa shape index (κ3) is 12.9. The standard InChI is InChI=1S/C8H19O2PS2/c1-11(9,12)10-7-5-3-4-6-8-13-2/h3-8H2,1-2H3,(H,9,12)/p-1. The first-order valence-corrected chi connectivity index (χ1v) is 8.96. The summed E-state index contributed by atoms with van der Waals surface area (Å²) >= 11 is 6.51. The van der Waals surface area contributed by atoms with E-state index in [4.69, 9.17) is 4.52 Å². The van der Waals surface area contributed by atoms with Gasteiger partial charge in [-0.2, -0.15) is 11.8 Å². The largest absolute Gasteiger partial charge is 0.801 e. The summed E-state index contributed by atoms with van der Waals surface area (Å²) in [6.07, 6.45) is 6.74. The Labute approximate surface area is 90.6 Å². The minimum Gasteiger partial charge on any atom is -0.801 e. The van der Waals surface area contributed by atoms with Crippen molar-refractivity contribution in [3.63, 3.8) is 0 Å². The summed E-state index contributed by atoms with van der Waals surface area (Å²) in [7, 11) is 0. The van der Waals surface area contributed by atoms with Gasteiger partial charge in [0.25, 0.3) is 0 Å². The molecule has 0 heterocycles. The van der Waals surface area contributed by atoms with Crippen molar-refractivity contribution in [3.05, 3.63) is 0 Å². The molecule has 0 radical (unpaired) electrons. The number of thioether (sulfide) groups is 1. The topological polar surface area (TPSA) is 32.3 Å². The molecule has 0 aromatic carbocycles. The monoisotopic (exact) mass is 241 g/mol. The molecule has 0 spiro atoms. The summed E-state index contributed by atoms with van der Waals surface area (Å²) in [6.45, 7) is -0.614. The SMILES string of the molecule is CSCCCCCCOP(C)([O-])=S. The van der Waals surface area contributed by atoms with E-state index in [1.807, 2.05) is 11.8 Å². The molecule has 0 fully saturated rings. The van der Waals surface area contributed by atoms with Crippen molar-refractivity contribution in [2.75, 3.05) is 25.3 Å². The van der Waals surface area contributed by atoms with Gasteiger partial charge in [-0.05, 0) is 38.0 Å². The summed E-state index contributed by atoms with van der Waals surface area (Å²) < 4.78 is 5.00. The third-order valence-corrected chi connectivity index (χ3v) is 3.23. The van der Waals surface area contributed by atoms with E-state index in [9.17, 15) is 4.89 Å². The van der Waals surface area contributed by atoms with Crippen LogP contribution in [0, 0.1) is 0 Å². The molecular weight excluding hydrogens is 223 g/mol. The molecule has 2 nitrogen and oxygen atoms in total. The minimum absolute atomic E-state index is 0.552. The molecule has 5 heteroatoms. The molecule has 0 aliphatic carbocycles. The molecule has 0 saturated heterocycles. The van der Waals surface area contributed by atoms with E-state index < -0.39 is 6.49 Å². The van der Waals surface area contributed by atoms with E-state index in [-0.39, 0.29) is 0 Å².